The van der Waals surface area contributed by atoms with Crippen molar-refractivity contribution in [3.05, 3.63) is 152 Å². The van der Waals surface area contributed by atoms with Crippen molar-refractivity contribution in [2.45, 2.75) is 103 Å². The van der Waals surface area contributed by atoms with Crippen molar-refractivity contribution in [1.82, 2.24) is 9.97 Å². The third-order valence-electron chi connectivity index (χ3n) is 12.8. The maximum atomic E-state index is 5.90. The number of aliphatic imine (C=N–C) groups is 2. The molecule has 0 spiro atoms. The molecule has 2 aromatic heterocycles. The summed E-state index contributed by atoms with van der Waals surface area (Å²) in [5.41, 5.74) is 20.8. The number of benzene rings is 4. The van der Waals surface area contributed by atoms with Crippen LogP contribution in [-0.4, -0.2) is 54.8 Å². The zero-order valence-electron chi connectivity index (χ0n) is 39.6. The third-order valence-corrected chi connectivity index (χ3v) is 12.8. The van der Waals surface area contributed by atoms with Crippen molar-refractivity contribution < 1.29 is 35.7 Å². The normalized spacial score (nSPS) is 14.7. The van der Waals surface area contributed by atoms with Crippen LogP contribution in [0.5, 0.6) is 11.5 Å². The van der Waals surface area contributed by atoms with E-state index in [1.54, 1.807) is 42.4 Å². The van der Waals surface area contributed by atoms with Gasteiger partial charge in [-0.1, -0.05) is 48.5 Å². The number of aryl methyl sites for hydroxylation is 4. The molecule has 0 radical (unpaired) electrons. The predicted molar refractivity (Wildman–Crippen MR) is 268 cm³/mol. The molecule has 8 nitrogen and oxygen atoms in total. The predicted octanol–water partition coefficient (Wildman–Crippen LogP) is 12.9. The molecule has 0 saturated heterocycles. The van der Waals surface area contributed by atoms with Crippen molar-refractivity contribution >= 4 is 23.8 Å². The van der Waals surface area contributed by atoms with Crippen molar-refractivity contribution in [2.24, 2.45) is 9.98 Å². The molecule has 4 aromatic carbocycles. The summed E-state index contributed by atoms with van der Waals surface area (Å²) in [7, 11) is 10.6. The summed E-state index contributed by atoms with van der Waals surface area (Å²) in [4.78, 5) is 18.5. The van der Waals surface area contributed by atoms with Gasteiger partial charge in [-0.25, -0.2) is 0 Å². The van der Waals surface area contributed by atoms with Crippen LogP contribution in [0.4, 0.5) is 11.4 Å². The second-order valence-corrected chi connectivity index (χ2v) is 17.1. The minimum atomic E-state index is 0. The number of aromatic nitrogens is 2. The second kappa shape index (κ2) is 25.2. The molecule has 10 rings (SSSR count). The van der Waals surface area contributed by atoms with Gasteiger partial charge in [-0.15, -0.1) is 11.4 Å². The smallest absolute Gasteiger partial charge is 0.668 e. The summed E-state index contributed by atoms with van der Waals surface area (Å²) in [5, 5.41) is 7.00. The number of hydrogen-bond acceptors (Lipinski definition) is 4. The average Bonchev–Trinajstić information content (AvgIpc) is 4.08. The zero-order chi connectivity index (χ0) is 44.7. The Kier molecular flexibility index (Phi) is 19.2. The van der Waals surface area contributed by atoms with Gasteiger partial charge in [0.1, 0.15) is 11.5 Å². The molecular weight excluding hydrogens is 880 g/mol. The first-order valence-corrected chi connectivity index (χ1v) is 23.4. The number of fused-ring (bicyclic) bond motifs is 4. The molecule has 4 aliphatic carbocycles. The van der Waals surface area contributed by atoms with E-state index < -0.39 is 0 Å². The molecule has 0 N–H and O–H groups in total. The minimum absolute atomic E-state index is 0. The van der Waals surface area contributed by atoms with E-state index in [0.29, 0.717) is 0 Å². The summed E-state index contributed by atoms with van der Waals surface area (Å²) in [6.45, 7) is 0. The first kappa shape index (κ1) is 49.6. The SMILES string of the molecule is COc1ccc2c(c1-c1c(N=Cc3ccc[n-]3)ccc3c1CCCC3)CCCC2.COc1ccc2c(c1-c1c(N=Cc3ccc[n-]3)ccc3c1CCCC3)CCCC2.C[N-]C.C[N-]C.[Zr+4]. The van der Waals surface area contributed by atoms with Crippen molar-refractivity contribution in [3.8, 4) is 33.8 Å². The van der Waals surface area contributed by atoms with Gasteiger partial charge >= 0.3 is 26.2 Å². The van der Waals surface area contributed by atoms with Crippen LogP contribution in [0.1, 0.15) is 107 Å². The fourth-order valence-electron chi connectivity index (χ4n) is 9.96. The Morgan fingerprint density at radius 2 is 0.738 bits per heavy atom. The first-order chi connectivity index (χ1) is 31.5. The van der Waals surface area contributed by atoms with Crippen LogP contribution in [0.25, 0.3) is 32.9 Å². The fourth-order valence-corrected chi connectivity index (χ4v) is 9.96. The van der Waals surface area contributed by atoms with Gasteiger partial charge in [0, 0.05) is 34.7 Å². The molecule has 6 aromatic rings. The van der Waals surface area contributed by atoms with Gasteiger partial charge in [-0.2, -0.15) is 40.6 Å². The maximum Gasteiger partial charge on any atom is 4.00 e. The van der Waals surface area contributed by atoms with Crippen LogP contribution in [-0.2, 0) is 77.6 Å². The molecule has 0 amide bonds. The van der Waals surface area contributed by atoms with E-state index in [2.05, 4.69) is 69.1 Å². The maximum absolute atomic E-state index is 5.90. The van der Waals surface area contributed by atoms with Crippen molar-refractivity contribution in [1.29, 1.82) is 0 Å². The number of ether oxygens (including phenoxy) is 2. The van der Waals surface area contributed by atoms with Crippen LogP contribution in [0, 0.1) is 0 Å². The van der Waals surface area contributed by atoms with E-state index in [1.165, 1.54) is 118 Å². The van der Waals surface area contributed by atoms with Crippen LogP contribution in [0.15, 0.2) is 95.2 Å². The zero-order valence-corrected chi connectivity index (χ0v) is 42.0. The number of methoxy groups -OCH3 is 2. The average molecular weight is 946 g/mol. The van der Waals surface area contributed by atoms with E-state index >= 15 is 0 Å². The molecule has 4 aliphatic rings. The van der Waals surface area contributed by atoms with Gasteiger partial charge in [-0.3, -0.25) is 9.98 Å². The largest absolute Gasteiger partial charge is 4.00 e. The number of nitrogens with zero attached hydrogens (tertiary/aromatic N) is 6. The third kappa shape index (κ3) is 12.0. The van der Waals surface area contributed by atoms with E-state index in [0.717, 1.165) is 85.6 Å². The van der Waals surface area contributed by atoms with Gasteiger partial charge < -0.3 is 30.1 Å². The number of hydrogen-bond donors (Lipinski definition) is 0. The van der Waals surface area contributed by atoms with E-state index in [9.17, 15) is 0 Å². The summed E-state index contributed by atoms with van der Waals surface area (Å²) in [6.07, 6.45) is 26.6. The minimum Gasteiger partial charge on any atom is -0.668 e. The van der Waals surface area contributed by atoms with Crippen LogP contribution in [0.2, 0.25) is 0 Å². The Morgan fingerprint density at radius 3 is 1.05 bits per heavy atom. The van der Waals surface area contributed by atoms with Gasteiger partial charge in [0.15, 0.2) is 0 Å². The first-order valence-electron chi connectivity index (χ1n) is 23.4. The van der Waals surface area contributed by atoms with Gasteiger partial charge in [-0.05, 0) is 172 Å². The standard InChI is InChI=1S/2C26H27N2O.2C2H6N.Zr/c2*1-29-24-15-13-19-8-3-5-11-22(19)26(24)25-21-10-4-2-7-18(21)12-14-23(25)28-17-20-9-6-16-27-20;2*1-3-2;/h2*6,9,12-17H,2-5,7-8,10-11H2,1H3;2*1-2H3;/q4*-1;+4. The monoisotopic (exact) mass is 944 g/mol. The van der Waals surface area contributed by atoms with E-state index in [-0.39, 0.29) is 26.2 Å². The molecule has 65 heavy (non-hydrogen) atoms. The molecular formula is C56H66N6O2Zr. The van der Waals surface area contributed by atoms with Crippen LogP contribution >= 0.6 is 0 Å². The molecule has 9 heteroatoms. The Morgan fingerprint density at radius 1 is 0.431 bits per heavy atom. The molecule has 0 unspecified atom stereocenters. The molecule has 2 heterocycles. The van der Waals surface area contributed by atoms with E-state index in [4.69, 9.17) is 19.5 Å². The number of rotatable bonds is 8. The Bertz CT molecular complexity index is 2310. The summed E-state index contributed by atoms with van der Waals surface area (Å²) < 4.78 is 11.8. The van der Waals surface area contributed by atoms with Crippen LogP contribution in [0.3, 0.4) is 0 Å². The van der Waals surface area contributed by atoms with Gasteiger partial charge in [0.2, 0.25) is 0 Å². The Hall–Kier alpha value is -4.82. The Labute approximate surface area is 407 Å². The van der Waals surface area contributed by atoms with Crippen molar-refractivity contribution in [2.75, 3.05) is 42.4 Å². The van der Waals surface area contributed by atoms with E-state index in [1.807, 2.05) is 49.1 Å². The molecule has 0 bridgehead atoms. The molecule has 0 saturated carbocycles. The quantitative estimate of drug-likeness (QED) is 0.142. The topological polar surface area (TPSA) is 99.6 Å². The summed E-state index contributed by atoms with van der Waals surface area (Å²) >= 11 is 0. The summed E-state index contributed by atoms with van der Waals surface area (Å²) in [5.74, 6) is 1.96. The van der Waals surface area contributed by atoms with Crippen molar-refractivity contribution in [3.63, 3.8) is 0 Å². The van der Waals surface area contributed by atoms with Crippen LogP contribution < -0.4 is 19.4 Å². The molecule has 0 aliphatic heterocycles. The Balaban J connectivity index is 0.000000190. The second-order valence-electron chi connectivity index (χ2n) is 17.1. The summed E-state index contributed by atoms with van der Waals surface area (Å²) in [6, 6.07) is 25.7. The van der Waals surface area contributed by atoms with Gasteiger partial charge in [0.05, 0.1) is 25.6 Å². The molecule has 336 valence electrons. The van der Waals surface area contributed by atoms with Gasteiger partial charge in [0.25, 0.3) is 0 Å². The molecule has 0 atom stereocenters. The molecule has 0 fully saturated rings. The fraction of sp³-hybridized carbons (Fsp3) is 0.393.